The van der Waals surface area contributed by atoms with Gasteiger partial charge in [0.05, 0.1) is 19.3 Å². The number of halogens is 2. The number of hydrogen-bond acceptors (Lipinski definition) is 8. The van der Waals surface area contributed by atoms with Crippen molar-refractivity contribution >= 4 is 5.95 Å². The molecule has 188 valence electrons. The third kappa shape index (κ3) is 4.23. The molecule has 4 atom stereocenters. The van der Waals surface area contributed by atoms with E-state index in [9.17, 15) is 9.50 Å². The fourth-order valence-electron chi connectivity index (χ4n) is 5.55. The Morgan fingerprint density at radius 2 is 1.92 bits per heavy atom. The van der Waals surface area contributed by atoms with E-state index >= 15 is 4.39 Å². The zero-order chi connectivity index (χ0) is 24.8. The topological polar surface area (TPSA) is 96.3 Å². The Kier molecular flexibility index (Phi) is 5.91. The van der Waals surface area contributed by atoms with Crippen LogP contribution in [0.5, 0.6) is 11.6 Å². The molecule has 36 heavy (non-hydrogen) atoms. The van der Waals surface area contributed by atoms with Crippen LogP contribution in [-0.2, 0) is 0 Å². The highest BCUT2D eigenvalue weighted by molar-refractivity contribution is 5.73. The molecule has 8 nitrogen and oxygen atoms in total. The number of rotatable bonds is 6. The van der Waals surface area contributed by atoms with Gasteiger partial charge in [-0.15, -0.1) is 10.2 Å². The van der Waals surface area contributed by atoms with Crippen molar-refractivity contribution in [2.45, 2.75) is 68.9 Å². The van der Waals surface area contributed by atoms with Gasteiger partial charge in [0.25, 0.3) is 0 Å². The molecule has 2 N–H and O–H groups in total. The van der Waals surface area contributed by atoms with Crippen LogP contribution >= 0.6 is 0 Å². The van der Waals surface area contributed by atoms with E-state index in [0.717, 1.165) is 38.5 Å². The summed E-state index contributed by atoms with van der Waals surface area (Å²) in [6.07, 6.45) is 7.81. The average molecular weight is 495 g/mol. The molecule has 1 aromatic carbocycles. The van der Waals surface area contributed by atoms with Crippen molar-refractivity contribution in [2.24, 2.45) is 0 Å². The molecule has 2 bridgehead atoms. The van der Waals surface area contributed by atoms with Gasteiger partial charge in [0.1, 0.15) is 17.6 Å². The van der Waals surface area contributed by atoms with Crippen LogP contribution in [0.15, 0.2) is 36.7 Å². The van der Waals surface area contributed by atoms with E-state index in [1.807, 2.05) is 4.90 Å². The maximum Gasteiger partial charge on any atom is 0.250 e. The standard InChI is InChI=1S/C26H28F2N6O2/c1-36-25-19(27)9-15(12-29-25)14-5-8-18(23(35)10-14)21-13-30-26(33-32-21)34(17-6-7-17)22-11-16-3-2-4-20(31-16)24(22)28/h5,8-10,12-13,16-17,20,22,24,31,35H,2-4,6-7,11H2,1H3/t16-,20-,22-,24+/m0/s1. The SMILES string of the molecule is COc1ncc(-c2ccc(-c3cnc(N(C4CC4)[C@H]4C[C@@H]5CCC[C@H](N5)[C@H]4F)nn3)c(O)c2)cc1F. The zero-order valence-electron chi connectivity index (χ0n) is 19.9. The molecule has 6 rings (SSSR count). The molecule has 1 saturated carbocycles. The van der Waals surface area contributed by atoms with E-state index in [2.05, 4.69) is 25.5 Å². The number of alkyl halides is 1. The van der Waals surface area contributed by atoms with Gasteiger partial charge in [-0.05, 0) is 55.9 Å². The van der Waals surface area contributed by atoms with Crippen molar-refractivity contribution in [3.05, 3.63) is 42.5 Å². The van der Waals surface area contributed by atoms with Crippen molar-refractivity contribution in [3.8, 4) is 34.0 Å². The van der Waals surface area contributed by atoms with Gasteiger partial charge in [0.15, 0.2) is 5.82 Å². The first kappa shape index (κ1) is 23.0. The van der Waals surface area contributed by atoms with Gasteiger partial charge in [0.2, 0.25) is 11.8 Å². The second-order valence-corrected chi connectivity index (χ2v) is 9.88. The van der Waals surface area contributed by atoms with Gasteiger partial charge in [0, 0.05) is 35.4 Å². The van der Waals surface area contributed by atoms with Gasteiger partial charge >= 0.3 is 0 Å². The number of nitrogens with one attached hydrogen (secondary N) is 1. The molecule has 2 aliphatic heterocycles. The Hall–Kier alpha value is -3.40. The highest BCUT2D eigenvalue weighted by Crippen LogP contribution is 2.39. The number of anilines is 1. The second kappa shape index (κ2) is 9.24. The van der Waals surface area contributed by atoms with Gasteiger partial charge in [-0.1, -0.05) is 12.5 Å². The van der Waals surface area contributed by atoms with E-state index in [-0.39, 0.29) is 29.8 Å². The number of ether oxygens (including phenoxy) is 1. The first-order valence-corrected chi connectivity index (χ1v) is 12.4. The summed E-state index contributed by atoms with van der Waals surface area (Å²) in [5, 5.41) is 22.8. The minimum Gasteiger partial charge on any atom is -0.507 e. The highest BCUT2D eigenvalue weighted by Gasteiger charge is 2.47. The van der Waals surface area contributed by atoms with Gasteiger partial charge in [-0.3, -0.25) is 0 Å². The van der Waals surface area contributed by atoms with Crippen molar-refractivity contribution < 1.29 is 18.6 Å². The van der Waals surface area contributed by atoms with E-state index in [4.69, 9.17) is 4.74 Å². The molecule has 2 aromatic heterocycles. The van der Waals surface area contributed by atoms with Crippen LogP contribution in [0.2, 0.25) is 0 Å². The van der Waals surface area contributed by atoms with Gasteiger partial charge < -0.3 is 20.1 Å². The lowest BCUT2D eigenvalue weighted by Gasteiger charge is -2.46. The summed E-state index contributed by atoms with van der Waals surface area (Å²) in [5.41, 5.74) is 1.94. The number of aromatic nitrogens is 4. The number of fused-ring (bicyclic) bond motifs is 2. The summed E-state index contributed by atoms with van der Waals surface area (Å²) in [4.78, 5) is 10.5. The molecule has 2 saturated heterocycles. The highest BCUT2D eigenvalue weighted by atomic mass is 19.1. The van der Waals surface area contributed by atoms with Crippen LogP contribution in [0.4, 0.5) is 14.7 Å². The molecular weight excluding hydrogens is 466 g/mol. The predicted octanol–water partition coefficient (Wildman–Crippen LogP) is 4.04. The summed E-state index contributed by atoms with van der Waals surface area (Å²) >= 11 is 0. The molecule has 3 aromatic rings. The molecule has 0 radical (unpaired) electrons. The Morgan fingerprint density at radius 1 is 1.06 bits per heavy atom. The quantitative estimate of drug-likeness (QED) is 0.530. The lowest BCUT2D eigenvalue weighted by Crippen LogP contribution is -2.62. The van der Waals surface area contributed by atoms with E-state index in [1.54, 1.807) is 18.3 Å². The molecule has 3 fully saturated rings. The first-order valence-electron chi connectivity index (χ1n) is 12.4. The molecule has 0 unspecified atom stereocenters. The Bertz CT molecular complexity index is 1260. The zero-order valence-corrected chi connectivity index (χ0v) is 19.9. The third-order valence-electron chi connectivity index (χ3n) is 7.48. The van der Waals surface area contributed by atoms with Crippen molar-refractivity contribution in [1.29, 1.82) is 0 Å². The van der Waals surface area contributed by atoms with Crippen molar-refractivity contribution in [2.75, 3.05) is 12.0 Å². The fraction of sp³-hybridized carbons (Fsp3) is 0.462. The van der Waals surface area contributed by atoms with Crippen LogP contribution in [0.25, 0.3) is 22.4 Å². The molecule has 4 heterocycles. The molecule has 1 aliphatic carbocycles. The molecule has 10 heteroatoms. The summed E-state index contributed by atoms with van der Waals surface area (Å²) in [5.74, 6) is -0.281. The number of hydrogen-bond donors (Lipinski definition) is 2. The summed E-state index contributed by atoms with van der Waals surface area (Å²) in [7, 11) is 1.35. The number of benzene rings is 1. The summed E-state index contributed by atoms with van der Waals surface area (Å²) in [6, 6.07) is 6.45. The molecule has 0 amide bonds. The molecule has 3 aliphatic rings. The number of phenols is 1. The number of pyridine rings is 1. The number of nitrogens with zero attached hydrogens (tertiary/aromatic N) is 5. The smallest absolute Gasteiger partial charge is 0.250 e. The van der Waals surface area contributed by atoms with Crippen LogP contribution in [0.3, 0.4) is 0 Å². The Morgan fingerprint density at radius 3 is 2.61 bits per heavy atom. The Balaban J connectivity index is 1.25. The number of methoxy groups -OCH3 is 1. The monoisotopic (exact) mass is 494 g/mol. The van der Waals surface area contributed by atoms with E-state index in [0.29, 0.717) is 34.4 Å². The normalized spacial score (nSPS) is 25.4. The van der Waals surface area contributed by atoms with E-state index in [1.165, 1.54) is 25.4 Å². The minimum atomic E-state index is -0.973. The van der Waals surface area contributed by atoms with Crippen LogP contribution < -0.4 is 15.0 Å². The van der Waals surface area contributed by atoms with E-state index < -0.39 is 12.0 Å². The number of aromatic hydroxyl groups is 1. The lowest BCUT2D eigenvalue weighted by molar-refractivity contribution is 0.103. The number of phenolic OH excluding ortho intramolecular Hbond substituents is 1. The largest absolute Gasteiger partial charge is 0.507 e. The van der Waals surface area contributed by atoms with Crippen LogP contribution in [0.1, 0.15) is 38.5 Å². The summed E-state index contributed by atoms with van der Waals surface area (Å²) in [6.45, 7) is 0. The fourth-order valence-corrected chi connectivity index (χ4v) is 5.55. The maximum atomic E-state index is 15.4. The average Bonchev–Trinajstić information content (AvgIpc) is 3.73. The maximum absolute atomic E-state index is 15.4. The van der Waals surface area contributed by atoms with Gasteiger partial charge in [-0.25, -0.2) is 18.7 Å². The predicted molar refractivity (Wildman–Crippen MR) is 130 cm³/mol. The third-order valence-corrected chi connectivity index (χ3v) is 7.48. The Labute approximate surface area is 207 Å². The molecular formula is C26H28F2N6O2. The molecule has 0 spiro atoms. The first-order chi connectivity index (χ1) is 17.5. The lowest BCUT2D eigenvalue weighted by atomic mass is 9.82. The van der Waals surface area contributed by atoms with Crippen LogP contribution in [0, 0.1) is 5.82 Å². The minimum absolute atomic E-state index is 0.0402. The van der Waals surface area contributed by atoms with Crippen molar-refractivity contribution in [3.63, 3.8) is 0 Å². The van der Waals surface area contributed by atoms with Gasteiger partial charge in [-0.2, -0.15) is 0 Å². The van der Waals surface area contributed by atoms with Crippen LogP contribution in [-0.4, -0.2) is 62.7 Å². The number of piperidine rings is 2. The second-order valence-electron chi connectivity index (χ2n) is 9.88. The van der Waals surface area contributed by atoms with Crippen molar-refractivity contribution in [1.82, 2.24) is 25.5 Å². The summed E-state index contributed by atoms with van der Waals surface area (Å²) < 4.78 is 34.4.